The zero-order valence-electron chi connectivity index (χ0n) is 13.1. The quantitative estimate of drug-likeness (QED) is 0.456. The molecular weight excluding hydrogens is 411 g/mol. The van der Waals surface area contributed by atoms with E-state index >= 15 is 0 Å². The van der Waals surface area contributed by atoms with Crippen molar-refractivity contribution in [3.63, 3.8) is 0 Å². The molecule has 1 aromatic carbocycles. The first kappa shape index (κ1) is 18.8. The molecule has 0 saturated carbocycles. The lowest BCUT2D eigenvalue weighted by molar-refractivity contribution is 0.461. The number of aryl methyl sites for hydroxylation is 1. The molecule has 22 heavy (non-hydrogen) atoms. The van der Waals surface area contributed by atoms with Crippen molar-refractivity contribution >= 4 is 41.5 Å². The van der Waals surface area contributed by atoms with Crippen LogP contribution in [0, 0.1) is 0 Å². The molecule has 6 heteroatoms. The third-order valence-electron chi connectivity index (χ3n) is 3.34. The highest BCUT2D eigenvalue weighted by atomic mass is 127. The van der Waals surface area contributed by atoms with Crippen molar-refractivity contribution in [1.82, 2.24) is 14.8 Å². The van der Waals surface area contributed by atoms with Crippen LogP contribution in [0.2, 0.25) is 5.02 Å². The second kappa shape index (κ2) is 9.05. The van der Waals surface area contributed by atoms with Gasteiger partial charge in [0, 0.05) is 39.6 Å². The minimum atomic E-state index is 0. The number of hydrogen-bond donors (Lipinski definition) is 1. The van der Waals surface area contributed by atoms with Crippen LogP contribution in [0.1, 0.15) is 11.3 Å². The van der Waals surface area contributed by atoms with Crippen molar-refractivity contribution in [2.75, 3.05) is 14.1 Å². The molecule has 0 aliphatic rings. The maximum absolute atomic E-state index is 6.02. The van der Waals surface area contributed by atoms with Gasteiger partial charge in [-0.2, -0.15) is 0 Å². The van der Waals surface area contributed by atoms with E-state index < -0.39 is 0 Å². The molecule has 0 spiro atoms. The van der Waals surface area contributed by atoms with Crippen molar-refractivity contribution in [3.8, 4) is 0 Å². The summed E-state index contributed by atoms with van der Waals surface area (Å²) in [6.45, 7) is 1.50. The highest BCUT2D eigenvalue weighted by molar-refractivity contribution is 14.0. The Labute approximate surface area is 154 Å². The molecule has 2 aromatic rings. The van der Waals surface area contributed by atoms with E-state index in [4.69, 9.17) is 11.6 Å². The molecule has 0 aliphatic heterocycles. The maximum Gasteiger partial charge on any atom is 0.194 e. The number of nitrogens with zero attached hydrogens (tertiary/aromatic N) is 3. The Balaban J connectivity index is 0.00000242. The second-order valence-electron chi connectivity index (χ2n) is 5.00. The average molecular weight is 433 g/mol. The molecule has 0 aliphatic carbocycles. The Morgan fingerprint density at radius 3 is 2.55 bits per heavy atom. The van der Waals surface area contributed by atoms with Crippen LogP contribution in [0.4, 0.5) is 0 Å². The summed E-state index contributed by atoms with van der Waals surface area (Å²) in [5.41, 5.74) is 2.37. The number of halogens is 2. The van der Waals surface area contributed by atoms with Crippen LogP contribution in [-0.4, -0.2) is 29.5 Å². The number of hydrogen-bond acceptors (Lipinski definition) is 1. The Morgan fingerprint density at radius 1 is 1.32 bits per heavy atom. The molecule has 4 nitrogen and oxygen atoms in total. The number of benzene rings is 1. The van der Waals surface area contributed by atoms with E-state index in [1.807, 2.05) is 49.1 Å². The van der Waals surface area contributed by atoms with Crippen molar-refractivity contribution in [3.05, 3.63) is 58.9 Å². The third-order valence-corrected chi connectivity index (χ3v) is 3.55. The van der Waals surface area contributed by atoms with E-state index in [1.165, 1.54) is 5.56 Å². The molecular formula is C16H22ClIN4. The Bertz CT molecular complexity index is 610. The van der Waals surface area contributed by atoms with Gasteiger partial charge in [-0.05, 0) is 11.6 Å². The van der Waals surface area contributed by atoms with Crippen LogP contribution in [0.15, 0.2) is 47.6 Å². The molecule has 0 fully saturated rings. The fraction of sp³-hybridized carbons (Fsp3) is 0.312. The van der Waals surface area contributed by atoms with Gasteiger partial charge < -0.3 is 14.8 Å². The lowest BCUT2D eigenvalue weighted by atomic mass is 10.2. The minimum Gasteiger partial charge on any atom is -0.352 e. The summed E-state index contributed by atoms with van der Waals surface area (Å²) in [7, 11) is 5.80. The second-order valence-corrected chi connectivity index (χ2v) is 5.44. The monoisotopic (exact) mass is 432 g/mol. The Morgan fingerprint density at radius 2 is 2.00 bits per heavy atom. The average Bonchev–Trinajstić information content (AvgIpc) is 2.78. The van der Waals surface area contributed by atoms with Gasteiger partial charge in [0.05, 0.1) is 11.6 Å². The Kier molecular flexibility index (Phi) is 7.75. The first-order valence-electron chi connectivity index (χ1n) is 6.86. The topological polar surface area (TPSA) is 32.6 Å². The van der Waals surface area contributed by atoms with E-state index in [1.54, 1.807) is 7.05 Å². The largest absolute Gasteiger partial charge is 0.352 e. The zero-order valence-corrected chi connectivity index (χ0v) is 16.2. The summed E-state index contributed by atoms with van der Waals surface area (Å²) in [4.78, 5) is 6.40. The predicted molar refractivity (Wildman–Crippen MR) is 104 cm³/mol. The van der Waals surface area contributed by atoms with Crippen molar-refractivity contribution in [1.29, 1.82) is 0 Å². The molecule has 1 heterocycles. The molecule has 1 N–H and O–H groups in total. The number of aromatic nitrogens is 1. The molecule has 0 radical (unpaired) electrons. The SMILES string of the molecule is CN=C(NCc1ccccc1)N(C)Cc1cc(Cl)cn1C.I. The van der Waals surface area contributed by atoms with Crippen LogP contribution >= 0.6 is 35.6 Å². The van der Waals surface area contributed by atoms with E-state index in [2.05, 4.69) is 27.3 Å². The van der Waals surface area contributed by atoms with Gasteiger partial charge in [0.2, 0.25) is 0 Å². The van der Waals surface area contributed by atoms with Crippen LogP contribution in [0.5, 0.6) is 0 Å². The van der Waals surface area contributed by atoms with Crippen LogP contribution in [-0.2, 0) is 20.1 Å². The van der Waals surface area contributed by atoms with E-state index in [9.17, 15) is 0 Å². The highest BCUT2D eigenvalue weighted by Crippen LogP contribution is 2.14. The standard InChI is InChI=1S/C16H21ClN4.HI/c1-18-16(19-10-13-7-5-4-6-8-13)21(3)12-15-9-14(17)11-20(15)2;/h4-9,11H,10,12H2,1-3H3,(H,18,19);1H. The maximum atomic E-state index is 6.02. The molecule has 0 unspecified atom stereocenters. The fourth-order valence-corrected chi connectivity index (χ4v) is 2.48. The highest BCUT2D eigenvalue weighted by Gasteiger charge is 2.09. The summed E-state index contributed by atoms with van der Waals surface area (Å²) in [6, 6.07) is 12.3. The molecule has 0 amide bonds. The van der Waals surface area contributed by atoms with Crippen molar-refractivity contribution in [2.24, 2.45) is 12.0 Å². The molecule has 120 valence electrons. The van der Waals surface area contributed by atoms with Gasteiger partial charge in [0.15, 0.2) is 5.96 Å². The molecule has 0 bridgehead atoms. The minimum absolute atomic E-state index is 0. The molecule has 0 atom stereocenters. The summed E-state index contributed by atoms with van der Waals surface area (Å²) < 4.78 is 2.03. The number of nitrogens with one attached hydrogen (secondary N) is 1. The van der Waals surface area contributed by atoms with Gasteiger partial charge >= 0.3 is 0 Å². The van der Waals surface area contributed by atoms with Gasteiger partial charge in [-0.15, -0.1) is 24.0 Å². The summed E-state index contributed by atoms with van der Waals surface area (Å²) in [6.07, 6.45) is 1.91. The van der Waals surface area contributed by atoms with E-state index in [0.717, 1.165) is 29.8 Å². The smallest absolute Gasteiger partial charge is 0.194 e. The Hall–Kier alpha value is -1.21. The van der Waals surface area contributed by atoms with Gasteiger partial charge in [-0.25, -0.2) is 0 Å². The predicted octanol–water partition coefficient (Wildman–Crippen LogP) is 3.50. The number of aliphatic imine (C=N–C) groups is 1. The van der Waals surface area contributed by atoms with Gasteiger partial charge in [-0.3, -0.25) is 4.99 Å². The lowest BCUT2D eigenvalue weighted by Gasteiger charge is -2.22. The fourth-order valence-electron chi connectivity index (χ4n) is 2.20. The normalized spacial score (nSPS) is 11.0. The number of rotatable bonds is 4. The van der Waals surface area contributed by atoms with Gasteiger partial charge in [0.1, 0.15) is 0 Å². The molecule has 2 rings (SSSR count). The molecule has 1 aromatic heterocycles. The first-order valence-corrected chi connectivity index (χ1v) is 7.24. The summed E-state index contributed by atoms with van der Waals surface area (Å²) in [5, 5.41) is 4.12. The van der Waals surface area contributed by atoms with Crippen molar-refractivity contribution < 1.29 is 0 Å². The lowest BCUT2D eigenvalue weighted by Crippen LogP contribution is -2.38. The zero-order chi connectivity index (χ0) is 15.2. The van der Waals surface area contributed by atoms with E-state index in [-0.39, 0.29) is 24.0 Å². The van der Waals surface area contributed by atoms with Crippen LogP contribution in [0.3, 0.4) is 0 Å². The summed E-state index contributed by atoms with van der Waals surface area (Å²) >= 11 is 6.02. The number of guanidine groups is 1. The van der Waals surface area contributed by atoms with Gasteiger partial charge in [-0.1, -0.05) is 41.9 Å². The first-order chi connectivity index (χ1) is 10.1. The molecule has 0 saturated heterocycles. The van der Waals surface area contributed by atoms with Crippen molar-refractivity contribution in [2.45, 2.75) is 13.1 Å². The van der Waals surface area contributed by atoms with E-state index in [0.29, 0.717) is 0 Å². The summed E-state index contributed by atoms with van der Waals surface area (Å²) in [5.74, 6) is 0.858. The van der Waals surface area contributed by atoms with Crippen LogP contribution in [0.25, 0.3) is 0 Å². The van der Waals surface area contributed by atoms with Crippen LogP contribution < -0.4 is 5.32 Å². The third kappa shape index (κ3) is 5.21. The van der Waals surface area contributed by atoms with Gasteiger partial charge in [0.25, 0.3) is 0 Å².